The molecule has 3 aromatic rings. The van der Waals surface area contributed by atoms with Gasteiger partial charge in [-0.05, 0) is 41.5 Å². The molecular weight excluding hydrogens is 404 g/mol. The number of nitrogens with one attached hydrogen (secondary N) is 3. The van der Waals surface area contributed by atoms with E-state index in [1.807, 2.05) is 54.6 Å². The molecule has 4 rings (SSSR count). The Morgan fingerprint density at radius 1 is 1.00 bits per heavy atom. The summed E-state index contributed by atoms with van der Waals surface area (Å²) >= 11 is 11.9. The van der Waals surface area contributed by atoms with E-state index < -0.39 is 6.04 Å². The van der Waals surface area contributed by atoms with Crippen molar-refractivity contribution < 1.29 is 4.79 Å². The van der Waals surface area contributed by atoms with Crippen molar-refractivity contribution in [3.63, 3.8) is 0 Å². The number of amides is 1. The number of pyridine rings is 1. The van der Waals surface area contributed by atoms with E-state index >= 15 is 0 Å². The first kappa shape index (κ1) is 19.1. The van der Waals surface area contributed by atoms with Crippen LogP contribution in [-0.2, 0) is 4.79 Å². The monoisotopic (exact) mass is 420 g/mol. The van der Waals surface area contributed by atoms with E-state index in [2.05, 4.69) is 20.9 Å². The summed E-state index contributed by atoms with van der Waals surface area (Å²) in [6, 6.07) is 21.8. The average molecular weight is 421 g/mol. The standard InChI is InChI=1S/C22H17ClN4OS/c23-16-11-5-4-10-15(16)20-18(21(28)25-17-12-6-7-13-24-17)19(26-22(29)27-20)14-8-2-1-3-9-14/h1-13,20H,(H,24,25,28)(H2,26,27,29). The van der Waals surface area contributed by atoms with E-state index in [4.69, 9.17) is 23.8 Å². The van der Waals surface area contributed by atoms with Gasteiger partial charge in [0.2, 0.25) is 0 Å². The first-order valence-corrected chi connectivity index (χ1v) is 9.76. The molecular formula is C22H17ClN4OS. The third-order valence-corrected chi connectivity index (χ3v) is 5.07. The molecule has 5 nitrogen and oxygen atoms in total. The third-order valence-electron chi connectivity index (χ3n) is 4.50. The highest BCUT2D eigenvalue weighted by Gasteiger charge is 2.33. The maximum atomic E-state index is 13.4. The lowest BCUT2D eigenvalue weighted by Gasteiger charge is -2.32. The van der Waals surface area contributed by atoms with Gasteiger partial charge in [0, 0.05) is 11.2 Å². The molecule has 0 bridgehead atoms. The van der Waals surface area contributed by atoms with E-state index in [9.17, 15) is 4.79 Å². The second-order valence-corrected chi connectivity index (χ2v) is 7.19. The van der Waals surface area contributed by atoms with Gasteiger partial charge in [0.1, 0.15) is 5.82 Å². The van der Waals surface area contributed by atoms with Crippen molar-refractivity contribution in [3.05, 3.63) is 101 Å². The zero-order valence-electron chi connectivity index (χ0n) is 15.2. The van der Waals surface area contributed by atoms with E-state index in [1.54, 1.807) is 24.4 Å². The second kappa shape index (κ2) is 8.43. The molecule has 0 aliphatic carbocycles. The molecule has 0 saturated carbocycles. The summed E-state index contributed by atoms with van der Waals surface area (Å²) in [5.41, 5.74) is 2.72. The maximum absolute atomic E-state index is 13.4. The Morgan fingerprint density at radius 2 is 1.72 bits per heavy atom. The number of hydrogen-bond donors (Lipinski definition) is 3. The summed E-state index contributed by atoms with van der Waals surface area (Å²) in [6.45, 7) is 0. The zero-order chi connectivity index (χ0) is 20.2. The fraction of sp³-hybridized carbons (Fsp3) is 0.0455. The smallest absolute Gasteiger partial charge is 0.257 e. The molecule has 0 spiro atoms. The molecule has 1 aromatic heterocycles. The van der Waals surface area contributed by atoms with Crippen molar-refractivity contribution in [2.75, 3.05) is 5.32 Å². The van der Waals surface area contributed by atoms with Crippen LogP contribution < -0.4 is 16.0 Å². The minimum absolute atomic E-state index is 0.296. The van der Waals surface area contributed by atoms with Crippen molar-refractivity contribution in [1.29, 1.82) is 0 Å². The molecule has 2 heterocycles. The molecule has 1 unspecified atom stereocenters. The van der Waals surface area contributed by atoms with E-state index in [0.717, 1.165) is 11.1 Å². The molecule has 0 saturated heterocycles. The molecule has 1 aliphatic rings. The molecule has 1 amide bonds. The van der Waals surface area contributed by atoms with Crippen molar-refractivity contribution >= 4 is 46.4 Å². The molecule has 3 N–H and O–H groups in total. The van der Waals surface area contributed by atoms with Gasteiger partial charge in [-0.25, -0.2) is 4.98 Å². The summed E-state index contributed by atoms with van der Waals surface area (Å²) in [4.78, 5) is 17.6. The minimum atomic E-state index is -0.517. The summed E-state index contributed by atoms with van der Waals surface area (Å²) in [7, 11) is 0. The fourth-order valence-electron chi connectivity index (χ4n) is 3.20. The third kappa shape index (κ3) is 4.13. The normalized spacial score (nSPS) is 16.0. The molecule has 0 radical (unpaired) electrons. The van der Waals surface area contributed by atoms with Crippen LogP contribution in [-0.4, -0.2) is 16.0 Å². The van der Waals surface area contributed by atoms with Crippen LogP contribution in [0.5, 0.6) is 0 Å². The van der Waals surface area contributed by atoms with Crippen LogP contribution in [0.1, 0.15) is 17.2 Å². The summed E-state index contributed by atoms with van der Waals surface area (Å²) in [6.07, 6.45) is 1.63. The number of carbonyl (C=O) groups is 1. The van der Waals surface area contributed by atoms with Crippen LogP contribution in [0.15, 0.2) is 84.6 Å². The lowest BCUT2D eigenvalue weighted by atomic mass is 9.92. The lowest BCUT2D eigenvalue weighted by molar-refractivity contribution is -0.113. The van der Waals surface area contributed by atoms with Gasteiger partial charge in [0.15, 0.2) is 5.11 Å². The average Bonchev–Trinajstić information content (AvgIpc) is 2.75. The Kier molecular flexibility index (Phi) is 5.55. The molecule has 2 aromatic carbocycles. The Bertz CT molecular complexity index is 1090. The molecule has 144 valence electrons. The van der Waals surface area contributed by atoms with Crippen LogP contribution in [0.2, 0.25) is 5.02 Å². The predicted molar refractivity (Wildman–Crippen MR) is 119 cm³/mol. The van der Waals surface area contributed by atoms with Crippen LogP contribution in [0.25, 0.3) is 5.70 Å². The van der Waals surface area contributed by atoms with Crippen LogP contribution in [0.3, 0.4) is 0 Å². The predicted octanol–water partition coefficient (Wildman–Crippen LogP) is 4.30. The largest absolute Gasteiger partial charge is 0.351 e. The van der Waals surface area contributed by atoms with Crippen molar-refractivity contribution in [1.82, 2.24) is 15.6 Å². The van der Waals surface area contributed by atoms with Gasteiger partial charge in [0.05, 0.1) is 17.3 Å². The number of carbonyl (C=O) groups excluding carboxylic acids is 1. The van der Waals surface area contributed by atoms with Crippen LogP contribution >= 0.6 is 23.8 Å². The molecule has 1 aliphatic heterocycles. The van der Waals surface area contributed by atoms with Crippen molar-refractivity contribution in [3.8, 4) is 0 Å². The van der Waals surface area contributed by atoms with Gasteiger partial charge in [-0.3, -0.25) is 4.79 Å². The number of hydrogen-bond acceptors (Lipinski definition) is 3. The van der Waals surface area contributed by atoms with E-state index in [-0.39, 0.29) is 5.91 Å². The van der Waals surface area contributed by atoms with Crippen molar-refractivity contribution in [2.45, 2.75) is 6.04 Å². The first-order chi connectivity index (χ1) is 14.1. The van der Waals surface area contributed by atoms with E-state index in [0.29, 0.717) is 27.2 Å². The second-order valence-electron chi connectivity index (χ2n) is 6.38. The quantitative estimate of drug-likeness (QED) is 0.549. The van der Waals surface area contributed by atoms with Gasteiger partial charge in [-0.15, -0.1) is 0 Å². The molecule has 1 atom stereocenters. The highest BCUT2D eigenvalue weighted by molar-refractivity contribution is 7.80. The fourth-order valence-corrected chi connectivity index (χ4v) is 3.67. The Hall–Kier alpha value is -3.22. The number of anilines is 1. The Labute approximate surface area is 178 Å². The zero-order valence-corrected chi connectivity index (χ0v) is 16.8. The highest BCUT2D eigenvalue weighted by Crippen LogP contribution is 2.34. The Morgan fingerprint density at radius 3 is 2.45 bits per heavy atom. The molecule has 7 heteroatoms. The minimum Gasteiger partial charge on any atom is -0.351 e. The topological polar surface area (TPSA) is 66.0 Å². The van der Waals surface area contributed by atoms with Crippen molar-refractivity contribution in [2.24, 2.45) is 0 Å². The van der Waals surface area contributed by atoms with Crippen LogP contribution in [0, 0.1) is 0 Å². The van der Waals surface area contributed by atoms with Crippen LogP contribution in [0.4, 0.5) is 5.82 Å². The number of nitrogens with zero attached hydrogens (tertiary/aromatic N) is 1. The number of aromatic nitrogens is 1. The van der Waals surface area contributed by atoms with Gasteiger partial charge in [0.25, 0.3) is 5.91 Å². The van der Waals surface area contributed by atoms with Gasteiger partial charge in [-0.2, -0.15) is 0 Å². The maximum Gasteiger partial charge on any atom is 0.257 e. The number of thiocarbonyl (C=S) groups is 1. The number of rotatable bonds is 4. The van der Waals surface area contributed by atoms with Gasteiger partial charge in [-0.1, -0.05) is 66.2 Å². The SMILES string of the molecule is O=C(Nc1ccccn1)C1=C(c2ccccc2)NC(=S)NC1c1ccccc1Cl. The highest BCUT2D eigenvalue weighted by atomic mass is 35.5. The summed E-state index contributed by atoms with van der Waals surface area (Å²) in [5.74, 6) is 0.165. The summed E-state index contributed by atoms with van der Waals surface area (Å²) < 4.78 is 0. The molecule has 29 heavy (non-hydrogen) atoms. The number of benzene rings is 2. The first-order valence-electron chi connectivity index (χ1n) is 8.97. The Balaban J connectivity index is 1.86. The summed E-state index contributed by atoms with van der Waals surface area (Å²) in [5, 5.41) is 10.2. The number of halogens is 1. The van der Waals surface area contributed by atoms with Gasteiger partial charge < -0.3 is 16.0 Å². The lowest BCUT2D eigenvalue weighted by Crippen LogP contribution is -2.45. The van der Waals surface area contributed by atoms with E-state index in [1.165, 1.54) is 0 Å². The van der Waals surface area contributed by atoms with Gasteiger partial charge >= 0.3 is 0 Å². The molecule has 0 fully saturated rings.